The van der Waals surface area contributed by atoms with Crippen LogP contribution in [0.2, 0.25) is 0 Å². The average molecular weight is 394 g/mol. The van der Waals surface area contributed by atoms with Gasteiger partial charge in [0.05, 0.1) is 0 Å². The Hall–Kier alpha value is -1.14. The molecular formula is C22H39N3O3. The Bertz CT molecular complexity index is 491. The van der Waals surface area contributed by atoms with E-state index in [4.69, 9.17) is 4.74 Å². The molecule has 2 amide bonds. The van der Waals surface area contributed by atoms with Crippen molar-refractivity contribution < 1.29 is 14.3 Å². The number of hydrogen-bond acceptors (Lipinski definition) is 4. The minimum absolute atomic E-state index is 0.0802. The Morgan fingerprint density at radius 2 is 1.57 bits per heavy atom. The minimum atomic E-state index is 0.0802. The van der Waals surface area contributed by atoms with Gasteiger partial charge in [0, 0.05) is 51.7 Å². The first kappa shape index (κ1) is 21.6. The highest BCUT2D eigenvalue weighted by Gasteiger charge is 2.33. The van der Waals surface area contributed by atoms with Crippen molar-refractivity contribution in [2.24, 2.45) is 5.92 Å². The number of hydrogen-bond donors (Lipinski definition) is 0. The molecule has 6 heteroatoms. The van der Waals surface area contributed by atoms with Gasteiger partial charge in [-0.25, -0.2) is 0 Å². The van der Waals surface area contributed by atoms with Gasteiger partial charge in [-0.1, -0.05) is 12.8 Å². The molecule has 0 atom stereocenters. The fourth-order valence-electron chi connectivity index (χ4n) is 4.97. The largest absolute Gasteiger partial charge is 0.381 e. The highest BCUT2D eigenvalue weighted by Crippen LogP contribution is 2.24. The molecule has 0 bridgehead atoms. The normalized spacial score (nSPS) is 23.4. The molecule has 0 spiro atoms. The molecule has 3 aliphatic heterocycles. The lowest BCUT2D eigenvalue weighted by molar-refractivity contribution is -0.143. The SMILES string of the molecule is CC(=O)N1CCC(C(=O)N(CCCN2CCCCCC2)C2CCOCC2)CC1. The van der Waals surface area contributed by atoms with Gasteiger partial charge in [-0.3, -0.25) is 9.59 Å². The van der Waals surface area contributed by atoms with E-state index in [-0.39, 0.29) is 11.8 Å². The number of carbonyl (C=O) groups is 2. The predicted octanol–water partition coefficient (Wildman–Crippen LogP) is 2.52. The van der Waals surface area contributed by atoms with E-state index < -0.39 is 0 Å². The van der Waals surface area contributed by atoms with Gasteiger partial charge < -0.3 is 19.4 Å². The molecule has 0 aromatic carbocycles. The lowest BCUT2D eigenvalue weighted by Gasteiger charge is -2.39. The van der Waals surface area contributed by atoms with Gasteiger partial charge in [0.1, 0.15) is 0 Å². The maximum absolute atomic E-state index is 13.4. The van der Waals surface area contributed by atoms with Crippen LogP contribution in [0.1, 0.15) is 64.7 Å². The summed E-state index contributed by atoms with van der Waals surface area (Å²) in [6.45, 7) is 9.01. The maximum atomic E-state index is 13.4. The van der Waals surface area contributed by atoms with E-state index >= 15 is 0 Å². The average Bonchev–Trinajstić information content (AvgIpc) is 3.00. The predicted molar refractivity (Wildman–Crippen MR) is 110 cm³/mol. The molecule has 6 nitrogen and oxygen atoms in total. The number of likely N-dealkylation sites (tertiary alicyclic amines) is 2. The Kier molecular flexibility index (Phi) is 8.59. The Morgan fingerprint density at radius 3 is 2.18 bits per heavy atom. The molecule has 0 unspecified atom stereocenters. The molecule has 28 heavy (non-hydrogen) atoms. The fraction of sp³-hybridized carbons (Fsp3) is 0.909. The molecule has 3 aliphatic rings. The fourth-order valence-corrected chi connectivity index (χ4v) is 4.97. The smallest absolute Gasteiger partial charge is 0.226 e. The molecule has 0 radical (unpaired) electrons. The Morgan fingerprint density at radius 1 is 0.929 bits per heavy atom. The van der Waals surface area contributed by atoms with Gasteiger partial charge >= 0.3 is 0 Å². The van der Waals surface area contributed by atoms with Crippen LogP contribution in [0.3, 0.4) is 0 Å². The summed E-state index contributed by atoms with van der Waals surface area (Å²) in [5.74, 6) is 0.534. The number of piperidine rings is 1. The lowest BCUT2D eigenvalue weighted by atomic mass is 9.93. The molecule has 160 valence electrons. The van der Waals surface area contributed by atoms with Gasteiger partial charge in [-0.05, 0) is 64.6 Å². The van der Waals surface area contributed by atoms with Gasteiger partial charge in [0.25, 0.3) is 0 Å². The first-order valence-corrected chi connectivity index (χ1v) is 11.5. The van der Waals surface area contributed by atoms with E-state index in [1.165, 1.54) is 38.8 Å². The standard InChI is InChI=1S/C22H39N3O3/c1-19(26)24-15-7-20(8-16-24)22(27)25(21-9-17-28-18-10-21)14-6-13-23-11-4-2-3-5-12-23/h20-21H,2-18H2,1H3. The summed E-state index contributed by atoms with van der Waals surface area (Å²) in [6.07, 6.45) is 9.96. The molecule has 3 fully saturated rings. The van der Waals surface area contributed by atoms with E-state index in [1.807, 2.05) is 4.90 Å². The summed E-state index contributed by atoms with van der Waals surface area (Å²) >= 11 is 0. The van der Waals surface area contributed by atoms with Crippen molar-refractivity contribution >= 4 is 11.8 Å². The van der Waals surface area contributed by atoms with Crippen LogP contribution in [0.4, 0.5) is 0 Å². The highest BCUT2D eigenvalue weighted by molar-refractivity contribution is 5.80. The first-order chi connectivity index (χ1) is 13.6. The summed E-state index contributed by atoms with van der Waals surface area (Å²) in [5.41, 5.74) is 0. The zero-order valence-electron chi connectivity index (χ0n) is 17.7. The molecule has 0 N–H and O–H groups in total. The summed E-state index contributed by atoms with van der Waals surface area (Å²) < 4.78 is 5.54. The summed E-state index contributed by atoms with van der Waals surface area (Å²) in [6, 6.07) is 0.330. The summed E-state index contributed by atoms with van der Waals surface area (Å²) in [7, 11) is 0. The van der Waals surface area contributed by atoms with E-state index in [9.17, 15) is 9.59 Å². The minimum Gasteiger partial charge on any atom is -0.381 e. The van der Waals surface area contributed by atoms with Crippen LogP contribution < -0.4 is 0 Å². The van der Waals surface area contributed by atoms with Crippen LogP contribution in [0.15, 0.2) is 0 Å². The van der Waals surface area contributed by atoms with Crippen molar-refractivity contribution in [1.29, 1.82) is 0 Å². The number of nitrogens with zero attached hydrogens (tertiary/aromatic N) is 3. The van der Waals surface area contributed by atoms with Crippen molar-refractivity contribution in [3.05, 3.63) is 0 Å². The molecule has 3 heterocycles. The summed E-state index contributed by atoms with van der Waals surface area (Å²) in [5, 5.41) is 0. The van der Waals surface area contributed by atoms with Crippen LogP contribution in [-0.2, 0) is 14.3 Å². The maximum Gasteiger partial charge on any atom is 0.226 e. The molecule has 0 saturated carbocycles. The van der Waals surface area contributed by atoms with Gasteiger partial charge in [0.2, 0.25) is 11.8 Å². The van der Waals surface area contributed by atoms with Crippen molar-refractivity contribution in [1.82, 2.24) is 14.7 Å². The van der Waals surface area contributed by atoms with E-state index in [1.54, 1.807) is 6.92 Å². The third-order valence-corrected chi connectivity index (χ3v) is 6.78. The van der Waals surface area contributed by atoms with E-state index in [0.717, 1.165) is 71.5 Å². The zero-order chi connectivity index (χ0) is 19.8. The van der Waals surface area contributed by atoms with Gasteiger partial charge in [-0.2, -0.15) is 0 Å². The van der Waals surface area contributed by atoms with E-state index in [0.29, 0.717) is 11.9 Å². The van der Waals surface area contributed by atoms with Crippen LogP contribution in [-0.4, -0.2) is 85.0 Å². The second-order valence-electron chi connectivity index (χ2n) is 8.76. The first-order valence-electron chi connectivity index (χ1n) is 11.5. The van der Waals surface area contributed by atoms with Gasteiger partial charge in [-0.15, -0.1) is 0 Å². The molecule has 0 aliphatic carbocycles. The third kappa shape index (κ3) is 6.18. The number of ether oxygens (including phenoxy) is 1. The third-order valence-electron chi connectivity index (χ3n) is 6.78. The van der Waals surface area contributed by atoms with Crippen molar-refractivity contribution in [3.63, 3.8) is 0 Å². The molecule has 3 rings (SSSR count). The number of carbonyl (C=O) groups excluding carboxylic acids is 2. The summed E-state index contributed by atoms with van der Waals surface area (Å²) in [4.78, 5) is 31.6. The second kappa shape index (κ2) is 11.1. The molecule has 3 saturated heterocycles. The van der Waals surface area contributed by atoms with Crippen LogP contribution in [0, 0.1) is 5.92 Å². The van der Waals surface area contributed by atoms with Crippen LogP contribution in [0.25, 0.3) is 0 Å². The zero-order valence-corrected chi connectivity index (χ0v) is 17.7. The highest BCUT2D eigenvalue weighted by atomic mass is 16.5. The van der Waals surface area contributed by atoms with Gasteiger partial charge in [0.15, 0.2) is 0 Å². The topological polar surface area (TPSA) is 53.1 Å². The van der Waals surface area contributed by atoms with Crippen LogP contribution in [0.5, 0.6) is 0 Å². The van der Waals surface area contributed by atoms with Crippen LogP contribution >= 0.6 is 0 Å². The molecule has 0 aromatic rings. The number of rotatable bonds is 6. The lowest BCUT2D eigenvalue weighted by Crippen LogP contribution is -2.49. The Labute approximate surface area is 170 Å². The Balaban J connectivity index is 1.53. The van der Waals surface area contributed by atoms with Crippen molar-refractivity contribution in [2.75, 3.05) is 52.5 Å². The van der Waals surface area contributed by atoms with Crippen molar-refractivity contribution in [3.8, 4) is 0 Å². The van der Waals surface area contributed by atoms with Crippen molar-refractivity contribution in [2.45, 2.75) is 70.8 Å². The second-order valence-corrected chi connectivity index (χ2v) is 8.76. The quantitative estimate of drug-likeness (QED) is 0.696. The van der Waals surface area contributed by atoms with E-state index in [2.05, 4.69) is 9.80 Å². The molecule has 0 aromatic heterocycles. The molecular weight excluding hydrogens is 354 g/mol. The monoisotopic (exact) mass is 393 g/mol. The number of amides is 2.